The maximum Gasteiger partial charge on any atom is 0.416 e. The van der Waals surface area contributed by atoms with Crippen LogP contribution >= 0.6 is 11.6 Å². The van der Waals surface area contributed by atoms with Crippen LogP contribution in [0.15, 0.2) is 30.4 Å². The fourth-order valence-corrected chi connectivity index (χ4v) is 4.20. The molecule has 4 atom stereocenters. The van der Waals surface area contributed by atoms with Gasteiger partial charge < -0.3 is 0 Å². The van der Waals surface area contributed by atoms with Crippen molar-refractivity contribution in [2.24, 2.45) is 23.7 Å². The fraction of sp³-hybridized carbons (Fsp3) is 0.375. The quantitative estimate of drug-likeness (QED) is 0.577. The number of imide groups is 1. The molecule has 1 aliphatic heterocycles. The predicted octanol–water partition coefficient (Wildman–Crippen LogP) is 3.67. The summed E-state index contributed by atoms with van der Waals surface area (Å²) in [5, 5.41) is -0.0417. The Balaban J connectivity index is 1.78. The first kappa shape index (κ1) is 14.8. The minimum atomic E-state index is -4.57. The molecular weight excluding hydrogens is 331 g/mol. The van der Waals surface area contributed by atoms with Crippen molar-refractivity contribution in [2.75, 3.05) is 4.90 Å². The average molecular weight is 342 g/mol. The summed E-state index contributed by atoms with van der Waals surface area (Å²) in [4.78, 5) is 26.1. The van der Waals surface area contributed by atoms with E-state index in [4.69, 9.17) is 11.6 Å². The molecule has 7 heteroatoms. The molecule has 2 aliphatic carbocycles. The maximum absolute atomic E-state index is 12.9. The summed E-state index contributed by atoms with van der Waals surface area (Å²) >= 11 is 5.97. The Labute approximate surface area is 134 Å². The number of nitrogens with zero attached hydrogens (tertiary/aromatic N) is 1. The smallest absolute Gasteiger partial charge is 0.274 e. The number of hydrogen-bond acceptors (Lipinski definition) is 2. The van der Waals surface area contributed by atoms with Gasteiger partial charge in [0.2, 0.25) is 11.8 Å². The summed E-state index contributed by atoms with van der Waals surface area (Å²) in [7, 11) is 0. The lowest BCUT2D eigenvalue weighted by Gasteiger charge is -2.20. The molecule has 0 spiro atoms. The Bertz CT molecular complexity index is 728. The van der Waals surface area contributed by atoms with Crippen LogP contribution in [0.2, 0.25) is 5.02 Å². The van der Waals surface area contributed by atoms with Crippen molar-refractivity contribution in [2.45, 2.75) is 12.6 Å². The molecule has 23 heavy (non-hydrogen) atoms. The first-order valence-corrected chi connectivity index (χ1v) is 7.59. The van der Waals surface area contributed by atoms with Gasteiger partial charge in [-0.05, 0) is 36.5 Å². The summed E-state index contributed by atoms with van der Waals surface area (Å²) in [6.45, 7) is 0. The zero-order valence-corrected chi connectivity index (χ0v) is 12.4. The molecule has 2 amide bonds. The number of hydrogen-bond donors (Lipinski definition) is 0. The van der Waals surface area contributed by atoms with E-state index in [1.54, 1.807) is 0 Å². The van der Waals surface area contributed by atoms with E-state index in [1.165, 1.54) is 0 Å². The first-order valence-electron chi connectivity index (χ1n) is 7.22. The average Bonchev–Trinajstić information content (AvgIpc) is 3.13. The zero-order chi connectivity index (χ0) is 16.5. The second kappa shape index (κ2) is 4.60. The summed E-state index contributed by atoms with van der Waals surface area (Å²) in [6.07, 6.45) is 0.0428. The van der Waals surface area contributed by atoms with E-state index >= 15 is 0 Å². The van der Waals surface area contributed by atoms with Crippen molar-refractivity contribution in [3.8, 4) is 0 Å². The fourth-order valence-electron chi connectivity index (χ4n) is 4.00. The van der Waals surface area contributed by atoms with Gasteiger partial charge in [0, 0.05) is 0 Å². The van der Waals surface area contributed by atoms with E-state index in [2.05, 4.69) is 0 Å². The first-order chi connectivity index (χ1) is 10.8. The van der Waals surface area contributed by atoms with Gasteiger partial charge in [-0.15, -0.1) is 0 Å². The van der Waals surface area contributed by atoms with Crippen LogP contribution in [-0.4, -0.2) is 11.8 Å². The minimum absolute atomic E-state index is 0.00368. The second-order valence-electron chi connectivity index (χ2n) is 6.18. The van der Waals surface area contributed by atoms with Crippen molar-refractivity contribution in [3.63, 3.8) is 0 Å². The van der Waals surface area contributed by atoms with E-state index in [-0.39, 0.29) is 22.5 Å². The number of amides is 2. The third-order valence-electron chi connectivity index (χ3n) is 4.98. The largest absolute Gasteiger partial charge is 0.416 e. The molecule has 1 aromatic carbocycles. The van der Waals surface area contributed by atoms with Gasteiger partial charge in [0.25, 0.3) is 0 Å². The van der Waals surface area contributed by atoms with Crippen molar-refractivity contribution in [1.29, 1.82) is 0 Å². The molecule has 1 saturated heterocycles. The molecule has 120 valence electrons. The third-order valence-corrected chi connectivity index (χ3v) is 5.30. The van der Waals surface area contributed by atoms with Crippen molar-refractivity contribution in [3.05, 3.63) is 40.9 Å². The minimum Gasteiger partial charge on any atom is -0.274 e. The van der Waals surface area contributed by atoms with Gasteiger partial charge in [0.15, 0.2) is 0 Å². The molecule has 1 heterocycles. The zero-order valence-electron chi connectivity index (χ0n) is 11.7. The number of carbonyl (C=O) groups excluding carboxylic acids is 2. The Morgan fingerprint density at radius 1 is 1.04 bits per heavy atom. The summed E-state index contributed by atoms with van der Waals surface area (Å²) in [5.74, 6) is -1.84. The Morgan fingerprint density at radius 3 is 2.13 bits per heavy atom. The third kappa shape index (κ3) is 1.97. The maximum atomic E-state index is 12.9. The Morgan fingerprint density at radius 2 is 1.61 bits per heavy atom. The molecular formula is C16H11ClF3NO2. The molecule has 0 aromatic heterocycles. The highest BCUT2D eigenvalue weighted by atomic mass is 35.5. The molecule has 3 aliphatic rings. The van der Waals surface area contributed by atoms with Crippen LogP contribution in [0.25, 0.3) is 0 Å². The van der Waals surface area contributed by atoms with Crippen molar-refractivity contribution in [1.82, 2.24) is 0 Å². The van der Waals surface area contributed by atoms with Gasteiger partial charge in [-0.25, -0.2) is 4.90 Å². The molecule has 3 nitrogen and oxygen atoms in total. The summed E-state index contributed by atoms with van der Waals surface area (Å²) < 4.78 is 38.7. The number of carbonyl (C=O) groups is 2. The van der Waals surface area contributed by atoms with Gasteiger partial charge in [0.1, 0.15) is 0 Å². The summed E-state index contributed by atoms with van der Waals surface area (Å²) in [6, 6.07) is 2.68. The molecule has 0 radical (unpaired) electrons. The van der Waals surface area contributed by atoms with Crippen molar-refractivity contribution < 1.29 is 22.8 Å². The number of alkyl halides is 3. The number of fused-ring (bicyclic) bond motifs is 5. The highest BCUT2D eigenvalue weighted by Gasteiger charge is 2.59. The van der Waals surface area contributed by atoms with Gasteiger partial charge in [-0.3, -0.25) is 9.59 Å². The topological polar surface area (TPSA) is 37.4 Å². The predicted molar refractivity (Wildman–Crippen MR) is 76.7 cm³/mol. The number of allylic oxidation sites excluding steroid dienone is 2. The lowest BCUT2D eigenvalue weighted by molar-refractivity contribution is -0.137. The number of rotatable bonds is 1. The highest BCUT2D eigenvalue weighted by Crippen LogP contribution is 2.53. The SMILES string of the molecule is O=C1[C@@H]2[C@H](C(=O)N1c1cc(C(F)(F)F)ccc1Cl)[C@H]1C=C[C@H]2C1. The summed E-state index contributed by atoms with van der Waals surface area (Å²) in [5.41, 5.74) is -1.11. The standard InChI is InChI=1S/C16H11ClF3NO2/c17-10-4-3-9(16(18,19)20)6-11(10)21-14(22)12-7-1-2-8(5-7)13(12)15(21)23/h1-4,6-8,12-13H,5H2/t7-,8-,12-,13+/m0/s1. The van der Waals surface area contributed by atoms with E-state index < -0.39 is 35.4 Å². The van der Waals surface area contributed by atoms with Crippen LogP contribution in [0.3, 0.4) is 0 Å². The van der Waals surface area contributed by atoms with Gasteiger partial charge in [-0.1, -0.05) is 23.8 Å². The van der Waals surface area contributed by atoms with E-state index in [1.807, 2.05) is 12.2 Å². The number of halogens is 4. The highest BCUT2D eigenvalue weighted by molar-refractivity contribution is 6.36. The van der Waals surface area contributed by atoms with Crippen LogP contribution in [-0.2, 0) is 15.8 Å². The normalized spacial score (nSPS) is 32.1. The molecule has 0 unspecified atom stereocenters. The Hall–Kier alpha value is -1.82. The number of benzene rings is 1. The molecule has 2 fully saturated rings. The van der Waals surface area contributed by atoms with Gasteiger partial charge >= 0.3 is 6.18 Å². The molecule has 1 aromatic rings. The van der Waals surface area contributed by atoms with E-state index in [0.717, 1.165) is 29.5 Å². The molecule has 4 rings (SSSR count). The van der Waals surface area contributed by atoms with E-state index in [9.17, 15) is 22.8 Å². The van der Waals surface area contributed by atoms with Crippen molar-refractivity contribution >= 4 is 29.1 Å². The lowest BCUT2D eigenvalue weighted by Crippen LogP contribution is -2.33. The van der Waals surface area contributed by atoms with Crippen LogP contribution < -0.4 is 4.90 Å². The second-order valence-corrected chi connectivity index (χ2v) is 6.58. The van der Waals surface area contributed by atoms with Crippen LogP contribution in [0, 0.1) is 23.7 Å². The molecule has 0 N–H and O–H groups in total. The monoisotopic (exact) mass is 341 g/mol. The van der Waals surface area contributed by atoms with E-state index in [0.29, 0.717) is 0 Å². The van der Waals surface area contributed by atoms with Gasteiger partial charge in [0.05, 0.1) is 28.1 Å². The molecule has 1 saturated carbocycles. The lowest BCUT2D eigenvalue weighted by atomic mass is 9.85. The number of anilines is 1. The van der Waals surface area contributed by atoms with Gasteiger partial charge in [-0.2, -0.15) is 13.2 Å². The Kier molecular flexibility index (Phi) is 2.95. The van der Waals surface area contributed by atoms with Crippen LogP contribution in [0.1, 0.15) is 12.0 Å². The van der Waals surface area contributed by atoms with Crippen LogP contribution in [0.5, 0.6) is 0 Å². The molecule has 2 bridgehead atoms. The van der Waals surface area contributed by atoms with Crippen LogP contribution in [0.4, 0.5) is 18.9 Å².